The van der Waals surface area contributed by atoms with Crippen LogP contribution in [-0.2, 0) is 5.88 Å². The minimum atomic E-state index is 0.0650. The van der Waals surface area contributed by atoms with Crippen LogP contribution in [0.1, 0.15) is 29.2 Å². The van der Waals surface area contributed by atoms with Crippen molar-refractivity contribution < 1.29 is 0 Å². The zero-order valence-corrected chi connectivity index (χ0v) is 13.5. The number of fused-ring (bicyclic) bond motifs is 1. The molecule has 0 radical (unpaired) electrons. The highest BCUT2D eigenvalue weighted by atomic mass is 35.5. The summed E-state index contributed by atoms with van der Waals surface area (Å²) in [5, 5.41) is 9.22. The van der Waals surface area contributed by atoms with E-state index in [1.807, 2.05) is 24.3 Å². The average Bonchev–Trinajstić information content (AvgIpc) is 3.09. The summed E-state index contributed by atoms with van der Waals surface area (Å²) in [7, 11) is 0. The van der Waals surface area contributed by atoms with Crippen LogP contribution in [0.4, 0.5) is 0 Å². The van der Waals surface area contributed by atoms with Gasteiger partial charge in [0.2, 0.25) is 0 Å². The SMILES string of the molecule is CC(c1ccc(Cl)s1)n1c(CCl)nc2c(C#N)cccc21. The maximum absolute atomic E-state index is 9.22. The molecule has 0 bridgehead atoms. The summed E-state index contributed by atoms with van der Waals surface area (Å²) in [5.74, 6) is 1.05. The predicted molar refractivity (Wildman–Crippen MR) is 87.1 cm³/mol. The molecule has 0 spiro atoms. The Morgan fingerprint density at radius 1 is 1.38 bits per heavy atom. The Hall–Kier alpha value is -1.54. The maximum Gasteiger partial charge on any atom is 0.125 e. The zero-order valence-electron chi connectivity index (χ0n) is 11.2. The summed E-state index contributed by atoms with van der Waals surface area (Å²) in [6.45, 7) is 2.08. The van der Waals surface area contributed by atoms with Gasteiger partial charge in [-0.3, -0.25) is 0 Å². The maximum atomic E-state index is 9.22. The highest BCUT2D eigenvalue weighted by Gasteiger charge is 2.19. The minimum absolute atomic E-state index is 0.0650. The van der Waals surface area contributed by atoms with Gasteiger partial charge in [0.15, 0.2) is 0 Å². The lowest BCUT2D eigenvalue weighted by atomic mass is 10.2. The number of hydrogen-bond donors (Lipinski definition) is 0. The molecule has 0 aliphatic carbocycles. The Balaban J connectivity index is 2.24. The topological polar surface area (TPSA) is 41.6 Å². The molecule has 2 aromatic heterocycles. The Morgan fingerprint density at radius 2 is 2.19 bits per heavy atom. The number of benzene rings is 1. The Morgan fingerprint density at radius 3 is 2.81 bits per heavy atom. The second-order valence-corrected chi connectivity index (χ2v) is 6.65. The molecule has 2 heterocycles. The van der Waals surface area contributed by atoms with Crippen LogP contribution < -0.4 is 0 Å². The summed E-state index contributed by atoms with van der Waals surface area (Å²) < 4.78 is 2.83. The van der Waals surface area contributed by atoms with Crippen molar-refractivity contribution in [2.45, 2.75) is 18.8 Å². The van der Waals surface area contributed by atoms with E-state index in [9.17, 15) is 5.26 Å². The molecule has 106 valence electrons. The van der Waals surface area contributed by atoms with Gasteiger partial charge in [0, 0.05) is 4.88 Å². The molecule has 0 amide bonds. The van der Waals surface area contributed by atoms with Crippen LogP contribution in [0.3, 0.4) is 0 Å². The van der Waals surface area contributed by atoms with Gasteiger partial charge < -0.3 is 4.57 Å². The molecule has 0 saturated heterocycles. The number of nitriles is 1. The van der Waals surface area contributed by atoms with E-state index < -0.39 is 0 Å². The lowest BCUT2D eigenvalue weighted by Gasteiger charge is -2.15. The van der Waals surface area contributed by atoms with Gasteiger partial charge >= 0.3 is 0 Å². The molecule has 1 unspecified atom stereocenters. The summed E-state index contributed by atoms with van der Waals surface area (Å²) in [4.78, 5) is 5.67. The summed E-state index contributed by atoms with van der Waals surface area (Å²) >= 11 is 13.6. The van der Waals surface area contributed by atoms with Gasteiger partial charge in [-0.2, -0.15) is 5.26 Å². The summed E-state index contributed by atoms with van der Waals surface area (Å²) in [6.07, 6.45) is 0. The monoisotopic (exact) mass is 335 g/mol. The number of imidazole rings is 1. The van der Waals surface area contributed by atoms with E-state index in [4.69, 9.17) is 23.2 Å². The smallest absolute Gasteiger partial charge is 0.125 e. The fourth-order valence-electron chi connectivity index (χ4n) is 2.46. The molecular formula is C15H11Cl2N3S. The first-order chi connectivity index (χ1) is 10.2. The van der Waals surface area contributed by atoms with Crippen LogP contribution in [0.25, 0.3) is 11.0 Å². The Bertz CT molecular complexity index is 844. The first-order valence-corrected chi connectivity index (χ1v) is 8.09. The highest BCUT2D eigenvalue weighted by Crippen LogP contribution is 2.33. The lowest BCUT2D eigenvalue weighted by Crippen LogP contribution is -2.08. The van der Waals surface area contributed by atoms with Gasteiger partial charge in [-0.1, -0.05) is 17.7 Å². The molecule has 6 heteroatoms. The molecule has 0 N–H and O–H groups in total. The molecule has 1 aromatic carbocycles. The third kappa shape index (κ3) is 2.42. The summed E-state index contributed by atoms with van der Waals surface area (Å²) in [6, 6.07) is 11.7. The van der Waals surface area contributed by atoms with E-state index in [-0.39, 0.29) is 6.04 Å². The molecule has 3 rings (SSSR count). The van der Waals surface area contributed by atoms with Crippen LogP contribution in [0.5, 0.6) is 0 Å². The van der Waals surface area contributed by atoms with E-state index in [1.165, 1.54) is 0 Å². The number of para-hydroxylation sites is 1. The Kier molecular flexibility index (Phi) is 3.90. The number of hydrogen-bond acceptors (Lipinski definition) is 3. The van der Waals surface area contributed by atoms with Gasteiger partial charge in [0.25, 0.3) is 0 Å². The van der Waals surface area contributed by atoms with Crippen LogP contribution in [0, 0.1) is 11.3 Å². The molecule has 3 nitrogen and oxygen atoms in total. The molecular weight excluding hydrogens is 325 g/mol. The van der Waals surface area contributed by atoms with Crippen molar-refractivity contribution in [3.63, 3.8) is 0 Å². The number of aromatic nitrogens is 2. The number of halogens is 2. The first kappa shape index (κ1) is 14.4. The summed E-state index contributed by atoms with van der Waals surface area (Å²) in [5.41, 5.74) is 2.18. The van der Waals surface area contributed by atoms with E-state index in [2.05, 4.69) is 22.5 Å². The standard InChI is InChI=1S/C15H11Cl2N3S/c1-9(12-5-6-13(17)21-12)20-11-4-2-3-10(8-18)15(11)19-14(20)7-16/h2-6,9H,7H2,1H3. The normalized spacial score (nSPS) is 12.5. The van der Waals surface area contributed by atoms with Crippen molar-refractivity contribution in [3.8, 4) is 6.07 Å². The molecule has 0 fully saturated rings. The van der Waals surface area contributed by atoms with E-state index in [1.54, 1.807) is 17.4 Å². The van der Waals surface area contributed by atoms with Gasteiger partial charge in [-0.15, -0.1) is 22.9 Å². The van der Waals surface area contributed by atoms with Crippen molar-refractivity contribution in [3.05, 3.63) is 50.9 Å². The van der Waals surface area contributed by atoms with Crippen LogP contribution in [-0.4, -0.2) is 9.55 Å². The molecule has 21 heavy (non-hydrogen) atoms. The van der Waals surface area contributed by atoms with Crippen molar-refractivity contribution >= 4 is 45.6 Å². The first-order valence-electron chi connectivity index (χ1n) is 6.37. The molecule has 0 aliphatic heterocycles. The fourth-order valence-corrected chi connectivity index (χ4v) is 3.75. The average molecular weight is 336 g/mol. The molecule has 0 saturated carbocycles. The Labute approximate surface area is 136 Å². The largest absolute Gasteiger partial charge is 0.319 e. The minimum Gasteiger partial charge on any atom is -0.319 e. The van der Waals surface area contributed by atoms with Crippen LogP contribution in [0.15, 0.2) is 30.3 Å². The molecule has 0 aliphatic rings. The van der Waals surface area contributed by atoms with E-state index in [0.29, 0.717) is 17.0 Å². The quantitative estimate of drug-likeness (QED) is 0.634. The number of nitrogens with zero attached hydrogens (tertiary/aromatic N) is 3. The third-order valence-corrected chi connectivity index (χ3v) is 5.07. The van der Waals surface area contributed by atoms with Crippen molar-refractivity contribution in [2.24, 2.45) is 0 Å². The van der Waals surface area contributed by atoms with Gasteiger partial charge in [0.1, 0.15) is 17.4 Å². The van der Waals surface area contributed by atoms with Crippen LogP contribution in [0.2, 0.25) is 4.34 Å². The van der Waals surface area contributed by atoms with Gasteiger partial charge in [-0.05, 0) is 31.2 Å². The molecule has 3 aromatic rings. The number of rotatable bonds is 3. The predicted octanol–water partition coefficient (Wildman–Crippen LogP) is 4.97. The van der Waals surface area contributed by atoms with Crippen molar-refractivity contribution in [1.82, 2.24) is 9.55 Å². The second-order valence-electron chi connectivity index (χ2n) is 4.63. The van der Waals surface area contributed by atoms with Crippen molar-refractivity contribution in [2.75, 3.05) is 0 Å². The molecule has 1 atom stereocenters. The van der Waals surface area contributed by atoms with Gasteiger partial charge in [0.05, 0.1) is 27.3 Å². The van der Waals surface area contributed by atoms with Gasteiger partial charge in [-0.25, -0.2) is 4.98 Å². The number of alkyl halides is 1. The lowest BCUT2D eigenvalue weighted by molar-refractivity contribution is 0.644. The van der Waals surface area contributed by atoms with Crippen LogP contribution >= 0.6 is 34.5 Å². The fraction of sp³-hybridized carbons (Fsp3) is 0.200. The van der Waals surface area contributed by atoms with E-state index in [0.717, 1.165) is 20.6 Å². The van der Waals surface area contributed by atoms with Crippen molar-refractivity contribution in [1.29, 1.82) is 5.26 Å². The highest BCUT2D eigenvalue weighted by molar-refractivity contribution is 7.16. The second kappa shape index (κ2) is 5.69. The zero-order chi connectivity index (χ0) is 15.0. The number of thiophene rings is 1. The van der Waals surface area contributed by atoms with E-state index >= 15 is 0 Å². The third-order valence-electron chi connectivity index (χ3n) is 3.43.